The molecular weight excluding hydrogens is 226 g/mol. The largest absolute Gasteiger partial charge is 0.494 e. The van der Waals surface area contributed by atoms with Crippen LogP contribution in [0.5, 0.6) is 5.75 Å². The molecule has 0 spiro atoms. The predicted molar refractivity (Wildman–Crippen MR) is 50.8 cm³/mol. The van der Waals surface area contributed by atoms with Gasteiger partial charge in [-0.1, -0.05) is 6.07 Å². The van der Waals surface area contributed by atoms with Crippen molar-refractivity contribution in [1.82, 2.24) is 0 Å². The maximum atomic E-state index is 13.2. The van der Waals surface area contributed by atoms with E-state index in [1.807, 2.05) is 0 Å². The lowest BCUT2D eigenvalue weighted by molar-refractivity contribution is -0.148. The van der Waals surface area contributed by atoms with E-state index in [-0.39, 0.29) is 11.3 Å². The molecule has 0 amide bonds. The molecule has 0 radical (unpaired) electrons. The lowest BCUT2D eigenvalue weighted by atomic mass is 9.98. The second-order valence-corrected chi connectivity index (χ2v) is 3.22. The van der Waals surface area contributed by atoms with E-state index in [0.29, 0.717) is 0 Å². The normalized spacial score (nSPS) is 13.6. The first-order valence-corrected chi connectivity index (χ1v) is 4.50. The van der Waals surface area contributed by atoms with E-state index in [2.05, 4.69) is 4.74 Å². The van der Waals surface area contributed by atoms with E-state index < -0.39 is 24.5 Å². The molecule has 2 nitrogen and oxygen atoms in total. The van der Waals surface area contributed by atoms with Gasteiger partial charge in [0.15, 0.2) is 11.6 Å². The third-order valence-corrected chi connectivity index (χ3v) is 2.21. The van der Waals surface area contributed by atoms with Crippen LogP contribution < -0.4 is 10.5 Å². The molecule has 2 N–H and O–H groups in total. The van der Waals surface area contributed by atoms with Crippen molar-refractivity contribution < 1.29 is 22.3 Å². The average molecular weight is 237 g/mol. The number of ether oxygens (including phenoxy) is 1. The number of hydrogen-bond acceptors (Lipinski definition) is 2. The zero-order valence-electron chi connectivity index (χ0n) is 8.51. The minimum absolute atomic E-state index is 0.0957. The third-order valence-electron chi connectivity index (χ3n) is 2.21. The van der Waals surface area contributed by atoms with Crippen LogP contribution in [-0.2, 0) is 0 Å². The highest BCUT2D eigenvalue weighted by Gasteiger charge is 2.39. The zero-order chi connectivity index (χ0) is 12.3. The van der Waals surface area contributed by atoms with Crippen LogP contribution in [0, 0.1) is 5.82 Å². The number of benzene rings is 1. The summed E-state index contributed by atoms with van der Waals surface area (Å²) in [4.78, 5) is 0. The standard InChI is InChI=1S/C10H11F4NO/c1-16-9-3-2-6(4-8(9)11)7(5-15)10(12,13)14/h2-4,7H,5,15H2,1H3. The van der Waals surface area contributed by atoms with Crippen LogP contribution in [0.3, 0.4) is 0 Å². The fourth-order valence-electron chi connectivity index (χ4n) is 1.36. The van der Waals surface area contributed by atoms with Gasteiger partial charge in [0.1, 0.15) is 0 Å². The quantitative estimate of drug-likeness (QED) is 0.819. The summed E-state index contributed by atoms with van der Waals surface area (Å²) >= 11 is 0. The molecule has 0 saturated carbocycles. The van der Waals surface area contributed by atoms with Crippen LogP contribution in [0.1, 0.15) is 11.5 Å². The number of rotatable bonds is 3. The van der Waals surface area contributed by atoms with Crippen molar-refractivity contribution in [1.29, 1.82) is 0 Å². The number of halogens is 4. The summed E-state index contributed by atoms with van der Waals surface area (Å²) in [6.07, 6.45) is -4.48. The lowest BCUT2D eigenvalue weighted by Gasteiger charge is -2.19. The Balaban J connectivity index is 3.08. The molecule has 0 aliphatic rings. The van der Waals surface area contributed by atoms with Crippen LogP contribution in [0.4, 0.5) is 17.6 Å². The van der Waals surface area contributed by atoms with Crippen LogP contribution in [0.2, 0.25) is 0 Å². The van der Waals surface area contributed by atoms with Crippen molar-refractivity contribution in [3.05, 3.63) is 29.6 Å². The monoisotopic (exact) mass is 237 g/mol. The Bertz CT molecular complexity index is 364. The van der Waals surface area contributed by atoms with Gasteiger partial charge in [0.05, 0.1) is 13.0 Å². The van der Waals surface area contributed by atoms with E-state index >= 15 is 0 Å². The Morgan fingerprint density at radius 3 is 2.38 bits per heavy atom. The van der Waals surface area contributed by atoms with Gasteiger partial charge in [-0.2, -0.15) is 13.2 Å². The summed E-state index contributed by atoms with van der Waals surface area (Å²) in [5.41, 5.74) is 4.84. The summed E-state index contributed by atoms with van der Waals surface area (Å²) in [5.74, 6) is -2.78. The van der Waals surface area contributed by atoms with Crippen LogP contribution in [-0.4, -0.2) is 19.8 Å². The molecule has 0 aliphatic carbocycles. The maximum absolute atomic E-state index is 13.2. The van der Waals surface area contributed by atoms with Gasteiger partial charge in [-0.15, -0.1) is 0 Å². The highest BCUT2D eigenvalue weighted by Crippen LogP contribution is 2.35. The second-order valence-electron chi connectivity index (χ2n) is 3.22. The Kier molecular flexibility index (Phi) is 3.74. The Morgan fingerprint density at radius 1 is 1.38 bits per heavy atom. The molecule has 1 atom stereocenters. The van der Waals surface area contributed by atoms with Crippen molar-refractivity contribution in [2.24, 2.45) is 5.73 Å². The maximum Gasteiger partial charge on any atom is 0.396 e. The van der Waals surface area contributed by atoms with E-state index in [0.717, 1.165) is 18.2 Å². The number of methoxy groups -OCH3 is 1. The van der Waals surface area contributed by atoms with Gasteiger partial charge in [0, 0.05) is 6.54 Å². The van der Waals surface area contributed by atoms with E-state index in [4.69, 9.17) is 5.73 Å². The predicted octanol–water partition coefficient (Wildman–Crippen LogP) is 2.44. The molecule has 90 valence electrons. The fourth-order valence-corrected chi connectivity index (χ4v) is 1.36. The van der Waals surface area contributed by atoms with E-state index in [9.17, 15) is 17.6 Å². The molecule has 1 rings (SSSR count). The van der Waals surface area contributed by atoms with Gasteiger partial charge in [-0.3, -0.25) is 0 Å². The summed E-state index contributed by atoms with van der Waals surface area (Å²) in [7, 11) is 1.24. The number of hydrogen-bond donors (Lipinski definition) is 1. The van der Waals surface area contributed by atoms with Gasteiger partial charge in [0.25, 0.3) is 0 Å². The highest BCUT2D eigenvalue weighted by molar-refractivity contribution is 5.32. The SMILES string of the molecule is COc1ccc(C(CN)C(F)(F)F)cc1F. The summed E-state index contributed by atoms with van der Waals surface area (Å²) in [6, 6.07) is 3.11. The Hall–Kier alpha value is -1.30. The molecular formula is C10H11F4NO. The van der Waals surface area contributed by atoms with Crippen molar-refractivity contribution in [2.45, 2.75) is 12.1 Å². The number of alkyl halides is 3. The molecule has 0 saturated heterocycles. The van der Waals surface area contributed by atoms with Crippen LogP contribution in [0.25, 0.3) is 0 Å². The van der Waals surface area contributed by atoms with E-state index in [1.165, 1.54) is 7.11 Å². The third kappa shape index (κ3) is 2.63. The topological polar surface area (TPSA) is 35.2 Å². The van der Waals surface area contributed by atoms with Crippen LogP contribution >= 0.6 is 0 Å². The van der Waals surface area contributed by atoms with E-state index in [1.54, 1.807) is 0 Å². The molecule has 1 aromatic carbocycles. The molecule has 6 heteroatoms. The minimum Gasteiger partial charge on any atom is -0.494 e. The van der Waals surface area contributed by atoms with Crippen molar-refractivity contribution in [3.63, 3.8) is 0 Å². The molecule has 16 heavy (non-hydrogen) atoms. The minimum atomic E-state index is -4.48. The van der Waals surface area contributed by atoms with Crippen molar-refractivity contribution >= 4 is 0 Å². The fraction of sp³-hybridized carbons (Fsp3) is 0.400. The smallest absolute Gasteiger partial charge is 0.396 e. The molecule has 0 heterocycles. The summed E-state index contributed by atoms with van der Waals surface area (Å²) < 4.78 is 55.3. The average Bonchev–Trinajstić information content (AvgIpc) is 2.17. The Morgan fingerprint density at radius 2 is 2.00 bits per heavy atom. The van der Waals surface area contributed by atoms with Gasteiger partial charge in [0.2, 0.25) is 0 Å². The second kappa shape index (κ2) is 4.69. The summed E-state index contributed by atoms with van der Waals surface area (Å²) in [5, 5.41) is 0. The van der Waals surface area contributed by atoms with Gasteiger partial charge < -0.3 is 10.5 Å². The van der Waals surface area contributed by atoms with Crippen LogP contribution in [0.15, 0.2) is 18.2 Å². The molecule has 0 aromatic heterocycles. The zero-order valence-corrected chi connectivity index (χ0v) is 8.51. The first-order chi connectivity index (χ1) is 7.40. The molecule has 0 aliphatic heterocycles. The summed E-state index contributed by atoms with van der Waals surface area (Å²) in [6.45, 7) is -0.616. The first-order valence-electron chi connectivity index (χ1n) is 4.50. The number of nitrogens with two attached hydrogens (primary N) is 1. The van der Waals surface area contributed by atoms with Crippen molar-refractivity contribution in [2.75, 3.05) is 13.7 Å². The van der Waals surface area contributed by atoms with Crippen molar-refractivity contribution in [3.8, 4) is 5.75 Å². The Labute approximate surface area is 90.0 Å². The molecule has 0 fully saturated rings. The van der Waals surface area contributed by atoms with Gasteiger partial charge >= 0.3 is 6.18 Å². The molecule has 1 aromatic rings. The van der Waals surface area contributed by atoms with Gasteiger partial charge in [-0.25, -0.2) is 4.39 Å². The lowest BCUT2D eigenvalue weighted by Crippen LogP contribution is -2.28. The first kappa shape index (κ1) is 12.8. The molecule has 0 bridgehead atoms. The highest BCUT2D eigenvalue weighted by atomic mass is 19.4. The molecule has 1 unspecified atom stereocenters. The van der Waals surface area contributed by atoms with Gasteiger partial charge in [-0.05, 0) is 17.7 Å².